The summed E-state index contributed by atoms with van der Waals surface area (Å²) in [7, 11) is 3.24. The molecule has 0 bridgehead atoms. The molecule has 1 N–H and O–H groups in total. The number of thiophene rings is 1. The summed E-state index contributed by atoms with van der Waals surface area (Å²) in [6.45, 7) is 2.12. The minimum atomic E-state index is -0.0709. The molecule has 0 saturated carbocycles. The van der Waals surface area contributed by atoms with E-state index in [9.17, 15) is 9.59 Å². The third-order valence-electron chi connectivity index (χ3n) is 6.00. The molecule has 1 aliphatic carbocycles. The first kappa shape index (κ1) is 20.7. The van der Waals surface area contributed by atoms with Crippen molar-refractivity contribution in [1.29, 1.82) is 0 Å². The average Bonchev–Trinajstić information content (AvgIpc) is 3.46. The van der Waals surface area contributed by atoms with Gasteiger partial charge in [-0.3, -0.25) is 9.59 Å². The third kappa shape index (κ3) is 4.31. The van der Waals surface area contributed by atoms with E-state index in [2.05, 4.69) is 5.32 Å². The van der Waals surface area contributed by atoms with Crippen LogP contribution >= 0.6 is 11.3 Å². The van der Waals surface area contributed by atoms with Crippen LogP contribution in [0.15, 0.2) is 24.3 Å². The van der Waals surface area contributed by atoms with Crippen LogP contribution in [0.25, 0.3) is 0 Å². The van der Waals surface area contributed by atoms with E-state index < -0.39 is 0 Å². The monoisotopic (exact) mass is 428 g/mol. The second-order valence-electron chi connectivity index (χ2n) is 7.89. The highest BCUT2D eigenvalue weighted by atomic mass is 32.1. The number of aryl methyl sites for hydroxylation is 1. The number of carbonyl (C=O) groups is 2. The number of methoxy groups -OCH3 is 2. The molecule has 4 rings (SSSR count). The Morgan fingerprint density at radius 3 is 2.70 bits per heavy atom. The molecule has 6 nitrogen and oxygen atoms in total. The number of rotatable bonds is 6. The molecule has 7 heteroatoms. The molecule has 1 aromatic heterocycles. The van der Waals surface area contributed by atoms with Gasteiger partial charge in [0.25, 0.3) is 5.91 Å². The molecule has 2 amide bonds. The van der Waals surface area contributed by atoms with Crippen LogP contribution in [0.2, 0.25) is 0 Å². The van der Waals surface area contributed by atoms with Crippen molar-refractivity contribution in [1.82, 2.24) is 10.2 Å². The van der Waals surface area contributed by atoms with E-state index >= 15 is 0 Å². The fourth-order valence-electron chi connectivity index (χ4n) is 4.28. The van der Waals surface area contributed by atoms with Gasteiger partial charge in [-0.1, -0.05) is 0 Å². The number of carbonyl (C=O) groups excluding carboxylic acids is 2. The van der Waals surface area contributed by atoms with Gasteiger partial charge in [-0.2, -0.15) is 0 Å². The number of hydrogen-bond donors (Lipinski definition) is 1. The predicted octanol–water partition coefficient (Wildman–Crippen LogP) is 3.42. The summed E-state index contributed by atoms with van der Waals surface area (Å²) in [6, 6.07) is 7.58. The molecule has 0 unspecified atom stereocenters. The van der Waals surface area contributed by atoms with Crippen LogP contribution in [-0.2, 0) is 24.2 Å². The van der Waals surface area contributed by atoms with Crippen molar-refractivity contribution >= 4 is 23.2 Å². The van der Waals surface area contributed by atoms with Gasteiger partial charge in [0, 0.05) is 36.0 Å². The highest BCUT2D eigenvalue weighted by Gasteiger charge is 2.29. The predicted molar refractivity (Wildman–Crippen MR) is 116 cm³/mol. The van der Waals surface area contributed by atoms with Gasteiger partial charge in [-0.25, -0.2) is 0 Å². The molecular weight excluding hydrogens is 400 g/mol. The SMILES string of the molecule is COc1ccc(OC)c(CNC(=O)[C@@H]2CCc3sc(C(=O)N4CCCC4)cc3C2)c1. The van der Waals surface area contributed by atoms with Gasteiger partial charge in [-0.15, -0.1) is 11.3 Å². The maximum absolute atomic E-state index is 12.8. The maximum Gasteiger partial charge on any atom is 0.263 e. The van der Waals surface area contributed by atoms with Gasteiger partial charge in [-0.05, 0) is 61.9 Å². The molecule has 160 valence electrons. The van der Waals surface area contributed by atoms with E-state index in [1.165, 1.54) is 4.88 Å². The Hall–Kier alpha value is -2.54. The molecule has 1 atom stereocenters. The molecule has 2 heterocycles. The maximum atomic E-state index is 12.8. The van der Waals surface area contributed by atoms with E-state index in [0.717, 1.165) is 66.3 Å². The Labute approximate surface area is 181 Å². The molecular formula is C23H28N2O4S. The standard InChI is InChI=1S/C23H28N2O4S/c1-28-18-6-7-19(29-2)17(12-18)14-24-22(26)15-5-8-20-16(11-15)13-21(30-20)23(27)25-9-3-4-10-25/h6-7,12-13,15H,3-5,8-11,14H2,1-2H3,(H,24,26)/t15-/m1/s1. The van der Waals surface area contributed by atoms with Gasteiger partial charge in [0.2, 0.25) is 5.91 Å². The smallest absolute Gasteiger partial charge is 0.263 e. The Kier molecular flexibility index (Phi) is 6.27. The van der Waals surface area contributed by atoms with Crippen LogP contribution in [-0.4, -0.2) is 44.0 Å². The molecule has 2 aliphatic rings. The Morgan fingerprint density at radius 1 is 1.17 bits per heavy atom. The Balaban J connectivity index is 1.39. The zero-order chi connectivity index (χ0) is 21.1. The molecule has 2 aromatic rings. The lowest BCUT2D eigenvalue weighted by Crippen LogP contribution is -2.33. The normalized spacial score (nSPS) is 18.1. The lowest BCUT2D eigenvalue weighted by atomic mass is 9.87. The minimum Gasteiger partial charge on any atom is -0.497 e. The zero-order valence-corrected chi connectivity index (χ0v) is 18.3. The fourth-order valence-corrected chi connectivity index (χ4v) is 5.45. The van der Waals surface area contributed by atoms with Crippen LogP contribution < -0.4 is 14.8 Å². The van der Waals surface area contributed by atoms with Crippen LogP contribution in [0, 0.1) is 5.92 Å². The Morgan fingerprint density at radius 2 is 1.97 bits per heavy atom. The lowest BCUT2D eigenvalue weighted by molar-refractivity contribution is -0.125. The second kappa shape index (κ2) is 9.08. The number of likely N-dealkylation sites (tertiary alicyclic amines) is 1. The van der Waals surface area contributed by atoms with E-state index in [1.807, 2.05) is 29.2 Å². The van der Waals surface area contributed by atoms with Crippen LogP contribution in [0.1, 0.15) is 44.9 Å². The van der Waals surface area contributed by atoms with Gasteiger partial charge < -0.3 is 19.7 Å². The number of benzene rings is 1. The largest absolute Gasteiger partial charge is 0.497 e. The van der Waals surface area contributed by atoms with Crippen molar-refractivity contribution in [3.63, 3.8) is 0 Å². The zero-order valence-electron chi connectivity index (χ0n) is 17.5. The summed E-state index contributed by atoms with van der Waals surface area (Å²) in [5.41, 5.74) is 2.05. The van der Waals surface area contributed by atoms with E-state index in [1.54, 1.807) is 25.6 Å². The summed E-state index contributed by atoms with van der Waals surface area (Å²) in [5.74, 6) is 1.58. The van der Waals surface area contributed by atoms with Crippen LogP contribution in [0.3, 0.4) is 0 Å². The molecule has 0 spiro atoms. The van der Waals surface area contributed by atoms with Crippen molar-refractivity contribution in [3.8, 4) is 11.5 Å². The van der Waals surface area contributed by atoms with E-state index in [0.29, 0.717) is 13.0 Å². The molecule has 1 saturated heterocycles. The highest BCUT2D eigenvalue weighted by molar-refractivity contribution is 7.14. The lowest BCUT2D eigenvalue weighted by Gasteiger charge is -2.21. The topological polar surface area (TPSA) is 67.9 Å². The number of hydrogen-bond acceptors (Lipinski definition) is 5. The van der Waals surface area contributed by atoms with Crippen LogP contribution in [0.4, 0.5) is 0 Å². The van der Waals surface area contributed by atoms with Crippen molar-refractivity contribution in [2.24, 2.45) is 5.92 Å². The molecule has 1 aliphatic heterocycles. The number of nitrogens with zero attached hydrogens (tertiary/aromatic N) is 1. The van der Waals surface area contributed by atoms with Crippen molar-refractivity contribution in [3.05, 3.63) is 45.1 Å². The number of ether oxygens (including phenoxy) is 2. The first-order chi connectivity index (χ1) is 14.6. The van der Waals surface area contributed by atoms with Crippen LogP contribution in [0.5, 0.6) is 11.5 Å². The van der Waals surface area contributed by atoms with E-state index in [4.69, 9.17) is 9.47 Å². The van der Waals surface area contributed by atoms with Gasteiger partial charge in [0.1, 0.15) is 11.5 Å². The quantitative estimate of drug-likeness (QED) is 0.766. The fraction of sp³-hybridized carbons (Fsp3) is 0.478. The third-order valence-corrected chi connectivity index (χ3v) is 7.22. The minimum absolute atomic E-state index is 0.0455. The summed E-state index contributed by atoms with van der Waals surface area (Å²) >= 11 is 1.61. The molecule has 0 radical (unpaired) electrons. The summed E-state index contributed by atoms with van der Waals surface area (Å²) in [5, 5.41) is 3.05. The molecule has 1 fully saturated rings. The van der Waals surface area contributed by atoms with E-state index in [-0.39, 0.29) is 17.7 Å². The number of fused-ring (bicyclic) bond motifs is 1. The average molecular weight is 429 g/mol. The van der Waals surface area contributed by atoms with Gasteiger partial charge >= 0.3 is 0 Å². The second-order valence-corrected chi connectivity index (χ2v) is 9.03. The molecule has 30 heavy (non-hydrogen) atoms. The number of amides is 2. The summed E-state index contributed by atoms with van der Waals surface area (Å²) < 4.78 is 10.7. The summed E-state index contributed by atoms with van der Waals surface area (Å²) in [4.78, 5) is 29.5. The van der Waals surface area contributed by atoms with Crippen molar-refractivity contribution in [2.75, 3.05) is 27.3 Å². The highest BCUT2D eigenvalue weighted by Crippen LogP contribution is 2.33. The van der Waals surface area contributed by atoms with Crippen molar-refractivity contribution in [2.45, 2.75) is 38.6 Å². The van der Waals surface area contributed by atoms with Crippen molar-refractivity contribution < 1.29 is 19.1 Å². The van der Waals surface area contributed by atoms with Gasteiger partial charge in [0.15, 0.2) is 0 Å². The summed E-state index contributed by atoms with van der Waals surface area (Å²) in [6.07, 6.45) is 4.55. The first-order valence-corrected chi connectivity index (χ1v) is 11.3. The first-order valence-electron chi connectivity index (χ1n) is 10.5. The molecule has 1 aromatic carbocycles. The number of nitrogens with one attached hydrogen (secondary N) is 1. The Bertz CT molecular complexity index is 933. The van der Waals surface area contributed by atoms with Gasteiger partial charge in [0.05, 0.1) is 19.1 Å².